The van der Waals surface area contributed by atoms with E-state index in [0.717, 1.165) is 12.1 Å². The molecular formula is C16H16N2O6. The van der Waals surface area contributed by atoms with Gasteiger partial charge in [-0.1, -0.05) is 12.1 Å². The number of aryl methyl sites for hydroxylation is 1. The van der Waals surface area contributed by atoms with Crippen molar-refractivity contribution in [1.82, 2.24) is 5.01 Å². The molecule has 0 saturated carbocycles. The van der Waals surface area contributed by atoms with Crippen molar-refractivity contribution in [1.29, 1.82) is 0 Å². The fraction of sp³-hybridized carbons (Fsp3) is 0.125. The number of nitrogens with two attached hydrogens (primary N) is 1. The first kappa shape index (κ1) is 17.3. The Hall–Kier alpha value is -3.10. The Morgan fingerprint density at radius 3 is 2.33 bits per heavy atom. The lowest BCUT2D eigenvalue weighted by atomic mass is 10.0. The van der Waals surface area contributed by atoms with Gasteiger partial charge in [-0.05, 0) is 36.2 Å². The van der Waals surface area contributed by atoms with Crippen molar-refractivity contribution in [2.75, 3.05) is 0 Å². The topological polar surface area (TPSA) is 144 Å². The first-order chi connectivity index (χ1) is 11.2. The van der Waals surface area contributed by atoms with Crippen LogP contribution >= 0.6 is 0 Å². The van der Waals surface area contributed by atoms with Gasteiger partial charge in [-0.25, -0.2) is 10.9 Å². The van der Waals surface area contributed by atoms with Gasteiger partial charge in [0.15, 0.2) is 6.10 Å². The highest BCUT2D eigenvalue weighted by Gasteiger charge is 2.29. The van der Waals surface area contributed by atoms with Gasteiger partial charge in [-0.15, -0.1) is 0 Å². The maximum Gasteiger partial charge on any atom is 0.278 e. The molecule has 0 aliphatic carbocycles. The maximum atomic E-state index is 12.3. The highest BCUT2D eigenvalue weighted by atomic mass is 16.3. The molecule has 0 heterocycles. The van der Waals surface area contributed by atoms with Crippen LogP contribution in [0.2, 0.25) is 0 Å². The molecule has 0 aliphatic rings. The molecule has 8 heteroatoms. The van der Waals surface area contributed by atoms with Gasteiger partial charge in [0.05, 0.1) is 5.56 Å². The van der Waals surface area contributed by atoms with E-state index in [4.69, 9.17) is 5.84 Å². The number of imide groups is 1. The standard InChI is InChI=1S/C16H16N2O6/c1-8-5-11(20)7-12(21)13(8)15(23)18(17)16(24)14(22)9-3-2-4-10(19)6-9/h2-7,14,19-22H,17H2,1H3. The van der Waals surface area contributed by atoms with Gasteiger partial charge in [0, 0.05) is 6.07 Å². The molecule has 0 aliphatic heterocycles. The van der Waals surface area contributed by atoms with E-state index in [0.29, 0.717) is 0 Å². The van der Waals surface area contributed by atoms with E-state index in [1.165, 1.54) is 31.2 Å². The minimum atomic E-state index is -1.77. The van der Waals surface area contributed by atoms with Crippen molar-refractivity contribution in [3.8, 4) is 17.2 Å². The summed E-state index contributed by atoms with van der Waals surface area (Å²) < 4.78 is 0. The Balaban J connectivity index is 2.29. The monoisotopic (exact) mass is 332 g/mol. The second-order valence-electron chi connectivity index (χ2n) is 5.17. The highest BCUT2D eigenvalue weighted by Crippen LogP contribution is 2.28. The van der Waals surface area contributed by atoms with E-state index in [1.54, 1.807) is 0 Å². The second kappa shape index (κ2) is 6.57. The molecule has 1 atom stereocenters. The molecule has 24 heavy (non-hydrogen) atoms. The lowest BCUT2D eigenvalue weighted by Crippen LogP contribution is -2.45. The lowest BCUT2D eigenvalue weighted by Gasteiger charge is -2.20. The number of rotatable bonds is 3. The average Bonchev–Trinajstić information content (AvgIpc) is 2.51. The predicted octanol–water partition coefficient (Wildman–Crippen LogP) is 0.688. The third kappa shape index (κ3) is 3.29. The number of aliphatic hydroxyl groups excluding tert-OH is 1. The quantitative estimate of drug-likeness (QED) is 0.316. The zero-order valence-corrected chi connectivity index (χ0v) is 12.7. The second-order valence-corrected chi connectivity index (χ2v) is 5.17. The van der Waals surface area contributed by atoms with Crippen LogP contribution in [-0.2, 0) is 4.79 Å². The zero-order valence-electron chi connectivity index (χ0n) is 12.7. The van der Waals surface area contributed by atoms with Gasteiger partial charge in [-0.3, -0.25) is 9.59 Å². The van der Waals surface area contributed by atoms with Crippen molar-refractivity contribution in [2.24, 2.45) is 5.84 Å². The van der Waals surface area contributed by atoms with Crippen LogP contribution in [0, 0.1) is 6.92 Å². The summed E-state index contributed by atoms with van der Waals surface area (Å²) in [7, 11) is 0. The molecule has 6 N–H and O–H groups in total. The highest BCUT2D eigenvalue weighted by molar-refractivity contribution is 6.07. The Kier molecular flexibility index (Phi) is 4.72. The lowest BCUT2D eigenvalue weighted by molar-refractivity contribution is -0.138. The normalized spacial score (nSPS) is 11.8. The number of benzene rings is 2. The van der Waals surface area contributed by atoms with Crippen LogP contribution in [0.3, 0.4) is 0 Å². The fourth-order valence-corrected chi connectivity index (χ4v) is 2.22. The number of hydrazine groups is 1. The zero-order chi connectivity index (χ0) is 18.0. The molecule has 8 nitrogen and oxygen atoms in total. The summed E-state index contributed by atoms with van der Waals surface area (Å²) in [5.74, 6) is 2.33. The van der Waals surface area contributed by atoms with Gasteiger partial charge in [0.2, 0.25) is 0 Å². The number of aromatic hydroxyl groups is 3. The Bertz CT molecular complexity index is 782. The van der Waals surface area contributed by atoms with E-state index >= 15 is 0 Å². The maximum absolute atomic E-state index is 12.3. The number of nitrogens with zero attached hydrogens (tertiary/aromatic N) is 1. The van der Waals surface area contributed by atoms with Gasteiger partial charge in [0.25, 0.3) is 11.8 Å². The van der Waals surface area contributed by atoms with Crippen molar-refractivity contribution in [2.45, 2.75) is 13.0 Å². The Morgan fingerprint density at radius 2 is 1.75 bits per heavy atom. The first-order valence-electron chi connectivity index (χ1n) is 6.85. The number of hydrogen-bond donors (Lipinski definition) is 5. The van der Waals surface area contributed by atoms with Crippen LogP contribution in [0.1, 0.15) is 27.6 Å². The SMILES string of the molecule is Cc1cc(O)cc(O)c1C(=O)N(N)C(=O)C(O)c1cccc(O)c1. The molecule has 2 amide bonds. The number of carbonyl (C=O) groups excluding carboxylic acids is 2. The van der Waals surface area contributed by atoms with Crippen molar-refractivity contribution < 1.29 is 30.0 Å². The summed E-state index contributed by atoms with van der Waals surface area (Å²) in [5, 5.41) is 38.7. The summed E-state index contributed by atoms with van der Waals surface area (Å²) in [6, 6.07) is 7.46. The van der Waals surface area contributed by atoms with Gasteiger partial charge in [0.1, 0.15) is 17.2 Å². The number of phenols is 3. The molecular weight excluding hydrogens is 316 g/mol. The molecule has 0 aromatic heterocycles. The largest absolute Gasteiger partial charge is 0.508 e. The minimum absolute atomic E-state index is 0.0508. The van der Waals surface area contributed by atoms with Crippen LogP contribution in [0.15, 0.2) is 36.4 Å². The van der Waals surface area contributed by atoms with Gasteiger partial charge in [-0.2, -0.15) is 0 Å². The fourth-order valence-electron chi connectivity index (χ4n) is 2.22. The molecule has 0 radical (unpaired) electrons. The Morgan fingerprint density at radius 1 is 1.08 bits per heavy atom. The van der Waals surface area contributed by atoms with E-state index < -0.39 is 23.7 Å². The van der Waals surface area contributed by atoms with E-state index in [-0.39, 0.29) is 33.2 Å². The molecule has 1 unspecified atom stereocenters. The van der Waals surface area contributed by atoms with Gasteiger partial charge >= 0.3 is 0 Å². The molecule has 0 bridgehead atoms. The number of carbonyl (C=O) groups is 2. The molecule has 0 spiro atoms. The first-order valence-corrected chi connectivity index (χ1v) is 6.85. The van der Waals surface area contributed by atoms with Crippen LogP contribution in [0.5, 0.6) is 17.2 Å². The third-order valence-electron chi connectivity index (χ3n) is 3.39. The van der Waals surface area contributed by atoms with Crippen molar-refractivity contribution in [3.05, 3.63) is 53.1 Å². The summed E-state index contributed by atoms with van der Waals surface area (Å²) in [6.45, 7) is 1.44. The minimum Gasteiger partial charge on any atom is -0.508 e. The number of phenolic OH excluding ortho intramolecular Hbond substituents is 3. The summed E-state index contributed by atoms with van der Waals surface area (Å²) >= 11 is 0. The third-order valence-corrected chi connectivity index (χ3v) is 3.39. The van der Waals surface area contributed by atoms with Crippen LogP contribution in [0.4, 0.5) is 0 Å². The van der Waals surface area contributed by atoms with Crippen molar-refractivity contribution in [3.63, 3.8) is 0 Å². The van der Waals surface area contributed by atoms with E-state index in [1.807, 2.05) is 0 Å². The summed E-state index contributed by atoms with van der Waals surface area (Å²) in [6.07, 6.45) is -1.77. The van der Waals surface area contributed by atoms with Crippen LogP contribution < -0.4 is 5.84 Å². The molecule has 2 aromatic carbocycles. The van der Waals surface area contributed by atoms with Crippen LogP contribution in [0.25, 0.3) is 0 Å². The molecule has 2 aromatic rings. The van der Waals surface area contributed by atoms with Crippen LogP contribution in [-0.4, -0.2) is 37.2 Å². The van der Waals surface area contributed by atoms with E-state index in [2.05, 4.69) is 0 Å². The molecule has 0 fully saturated rings. The number of amides is 2. The van der Waals surface area contributed by atoms with E-state index in [9.17, 15) is 30.0 Å². The van der Waals surface area contributed by atoms with Gasteiger partial charge < -0.3 is 20.4 Å². The predicted molar refractivity (Wildman–Crippen MR) is 82.9 cm³/mol. The number of aliphatic hydroxyl groups is 1. The molecule has 0 saturated heterocycles. The Labute approximate surface area is 137 Å². The molecule has 2 rings (SSSR count). The molecule has 126 valence electrons. The average molecular weight is 332 g/mol. The van der Waals surface area contributed by atoms with Crippen molar-refractivity contribution >= 4 is 11.8 Å². The summed E-state index contributed by atoms with van der Waals surface area (Å²) in [5.41, 5.74) is -0.0192. The smallest absolute Gasteiger partial charge is 0.278 e. The summed E-state index contributed by atoms with van der Waals surface area (Å²) in [4.78, 5) is 24.5. The number of hydrogen-bond acceptors (Lipinski definition) is 7.